The Hall–Kier alpha value is -1.41. The topological polar surface area (TPSA) is 12.0 Å². The molecular formula is C19H25NS. The van der Waals surface area contributed by atoms with E-state index in [-0.39, 0.29) is 5.41 Å². The quantitative estimate of drug-likeness (QED) is 0.739. The van der Waals surface area contributed by atoms with E-state index < -0.39 is 0 Å². The molecule has 0 aliphatic heterocycles. The number of rotatable bonds is 4. The first kappa shape index (κ1) is 16.0. The molecule has 2 rings (SSSR count). The first-order chi connectivity index (χ1) is 9.91. The summed E-state index contributed by atoms with van der Waals surface area (Å²) < 4.78 is 0. The Labute approximate surface area is 133 Å². The van der Waals surface area contributed by atoms with Gasteiger partial charge in [0, 0.05) is 22.5 Å². The van der Waals surface area contributed by atoms with Crippen LogP contribution in [0.3, 0.4) is 0 Å². The van der Waals surface area contributed by atoms with Gasteiger partial charge in [0.25, 0.3) is 0 Å². The minimum atomic E-state index is 0.252. The number of benzene rings is 2. The maximum atomic E-state index is 3.33. The molecule has 0 bridgehead atoms. The van der Waals surface area contributed by atoms with Crippen LogP contribution >= 0.6 is 11.8 Å². The monoisotopic (exact) mass is 299 g/mol. The smallest absolute Gasteiger partial charge is 0.0373 e. The second-order valence-corrected chi connectivity index (χ2v) is 7.65. The average molecular weight is 299 g/mol. The van der Waals surface area contributed by atoms with Crippen molar-refractivity contribution in [3.63, 3.8) is 0 Å². The molecule has 0 aliphatic carbocycles. The van der Waals surface area contributed by atoms with Gasteiger partial charge in [-0.25, -0.2) is 0 Å². The van der Waals surface area contributed by atoms with Crippen LogP contribution in [-0.4, -0.2) is 7.05 Å². The summed E-state index contributed by atoms with van der Waals surface area (Å²) in [4.78, 5) is 2.58. The first-order valence-corrected chi connectivity index (χ1v) is 8.28. The third-order valence-corrected chi connectivity index (χ3v) is 5.03. The molecule has 1 nitrogen and oxygen atoms in total. The van der Waals surface area contributed by atoms with Crippen LogP contribution in [0.15, 0.2) is 58.3 Å². The highest BCUT2D eigenvalue weighted by atomic mass is 32.2. The molecule has 0 spiro atoms. The molecule has 0 aliphatic rings. The molecule has 2 aromatic carbocycles. The summed E-state index contributed by atoms with van der Waals surface area (Å²) in [6.07, 6.45) is 0. The zero-order valence-corrected chi connectivity index (χ0v) is 14.4. The Bertz CT molecular complexity index is 584. The molecule has 0 saturated heterocycles. The van der Waals surface area contributed by atoms with Crippen molar-refractivity contribution >= 4 is 17.4 Å². The van der Waals surface area contributed by atoms with Crippen molar-refractivity contribution in [3.05, 3.63) is 54.1 Å². The molecule has 0 heterocycles. The second kappa shape index (κ2) is 6.57. The van der Waals surface area contributed by atoms with Gasteiger partial charge in [0.15, 0.2) is 0 Å². The van der Waals surface area contributed by atoms with E-state index in [4.69, 9.17) is 0 Å². The third kappa shape index (κ3) is 4.04. The predicted molar refractivity (Wildman–Crippen MR) is 94.4 cm³/mol. The van der Waals surface area contributed by atoms with E-state index in [1.165, 1.54) is 21.0 Å². The van der Waals surface area contributed by atoms with Crippen molar-refractivity contribution in [1.82, 2.24) is 0 Å². The molecule has 1 unspecified atom stereocenters. The molecule has 1 N–H and O–H groups in total. The molecule has 0 fully saturated rings. The molecule has 0 radical (unpaired) electrons. The fourth-order valence-corrected chi connectivity index (χ4v) is 3.17. The van der Waals surface area contributed by atoms with Gasteiger partial charge in [-0.15, -0.1) is 0 Å². The van der Waals surface area contributed by atoms with Gasteiger partial charge in [0.2, 0.25) is 0 Å². The molecule has 21 heavy (non-hydrogen) atoms. The van der Waals surface area contributed by atoms with Crippen molar-refractivity contribution < 1.29 is 0 Å². The lowest BCUT2D eigenvalue weighted by atomic mass is 9.77. The van der Waals surface area contributed by atoms with Crippen LogP contribution in [-0.2, 0) is 0 Å². The highest BCUT2D eigenvalue weighted by Gasteiger charge is 2.24. The van der Waals surface area contributed by atoms with Crippen molar-refractivity contribution in [3.8, 4) is 0 Å². The minimum absolute atomic E-state index is 0.252. The number of hydrogen-bond donors (Lipinski definition) is 1. The Balaban J connectivity index is 2.34. The minimum Gasteiger partial charge on any atom is -0.388 e. The van der Waals surface area contributed by atoms with E-state index >= 15 is 0 Å². The second-order valence-electron chi connectivity index (χ2n) is 6.50. The molecule has 0 saturated carbocycles. The van der Waals surface area contributed by atoms with Crippen LogP contribution in [0.2, 0.25) is 0 Å². The standard InChI is InChI=1S/C19H25NS/c1-14(19(2,3)4)17-13-16(11-12-18(17)20-5)21-15-9-7-6-8-10-15/h6-14,20H,1-5H3. The zero-order valence-electron chi connectivity index (χ0n) is 13.6. The van der Waals surface area contributed by atoms with Crippen LogP contribution in [0.25, 0.3) is 0 Å². The van der Waals surface area contributed by atoms with Gasteiger partial charge in [-0.2, -0.15) is 0 Å². The zero-order chi connectivity index (χ0) is 15.5. The van der Waals surface area contributed by atoms with Gasteiger partial charge in [-0.1, -0.05) is 57.7 Å². The normalized spacial score (nSPS) is 13.0. The summed E-state index contributed by atoms with van der Waals surface area (Å²) in [5, 5.41) is 3.33. The Kier molecular flexibility index (Phi) is 5.00. The van der Waals surface area contributed by atoms with Gasteiger partial charge in [-0.05, 0) is 47.2 Å². The van der Waals surface area contributed by atoms with E-state index in [1.807, 2.05) is 18.8 Å². The SMILES string of the molecule is CNc1ccc(Sc2ccccc2)cc1C(C)C(C)(C)C. The summed E-state index contributed by atoms with van der Waals surface area (Å²) in [6.45, 7) is 9.21. The summed E-state index contributed by atoms with van der Waals surface area (Å²) in [7, 11) is 2.00. The third-order valence-electron chi connectivity index (χ3n) is 4.04. The van der Waals surface area contributed by atoms with Crippen LogP contribution < -0.4 is 5.32 Å². The van der Waals surface area contributed by atoms with Gasteiger partial charge in [0.1, 0.15) is 0 Å². The lowest BCUT2D eigenvalue weighted by Crippen LogP contribution is -2.16. The molecular weight excluding hydrogens is 274 g/mol. The van der Waals surface area contributed by atoms with E-state index in [9.17, 15) is 0 Å². The highest BCUT2D eigenvalue weighted by molar-refractivity contribution is 7.99. The Morgan fingerprint density at radius 1 is 0.952 bits per heavy atom. The Morgan fingerprint density at radius 3 is 2.19 bits per heavy atom. The van der Waals surface area contributed by atoms with E-state index in [0.717, 1.165) is 0 Å². The van der Waals surface area contributed by atoms with Crippen LogP contribution in [0, 0.1) is 5.41 Å². The van der Waals surface area contributed by atoms with Crippen LogP contribution in [0.1, 0.15) is 39.2 Å². The lowest BCUT2D eigenvalue weighted by Gasteiger charge is -2.29. The van der Waals surface area contributed by atoms with Gasteiger partial charge < -0.3 is 5.32 Å². The number of anilines is 1. The van der Waals surface area contributed by atoms with Crippen LogP contribution in [0.5, 0.6) is 0 Å². The predicted octanol–water partition coefficient (Wildman–Crippen LogP) is 6.03. The first-order valence-electron chi connectivity index (χ1n) is 7.46. The lowest BCUT2D eigenvalue weighted by molar-refractivity contribution is 0.340. The van der Waals surface area contributed by atoms with Gasteiger partial charge in [-0.3, -0.25) is 0 Å². The fourth-order valence-electron chi connectivity index (χ4n) is 2.28. The summed E-state index contributed by atoms with van der Waals surface area (Å²) >= 11 is 1.82. The average Bonchev–Trinajstić information content (AvgIpc) is 2.46. The maximum Gasteiger partial charge on any atom is 0.0373 e. The van der Waals surface area contributed by atoms with E-state index in [0.29, 0.717) is 5.92 Å². The molecule has 1 atom stereocenters. The van der Waals surface area contributed by atoms with Gasteiger partial charge >= 0.3 is 0 Å². The Morgan fingerprint density at radius 2 is 1.62 bits per heavy atom. The largest absolute Gasteiger partial charge is 0.388 e. The maximum absolute atomic E-state index is 3.33. The molecule has 2 aromatic rings. The van der Waals surface area contributed by atoms with Crippen molar-refractivity contribution in [1.29, 1.82) is 0 Å². The summed E-state index contributed by atoms with van der Waals surface area (Å²) in [5.41, 5.74) is 2.88. The molecule has 0 amide bonds. The van der Waals surface area contributed by atoms with Crippen molar-refractivity contribution in [2.45, 2.75) is 43.4 Å². The number of nitrogens with one attached hydrogen (secondary N) is 1. The van der Waals surface area contributed by atoms with Crippen LogP contribution in [0.4, 0.5) is 5.69 Å². The molecule has 112 valence electrons. The molecule has 2 heteroatoms. The van der Waals surface area contributed by atoms with E-state index in [1.54, 1.807) is 0 Å². The van der Waals surface area contributed by atoms with Crippen molar-refractivity contribution in [2.24, 2.45) is 5.41 Å². The summed E-state index contributed by atoms with van der Waals surface area (Å²) in [5.74, 6) is 0.497. The summed E-state index contributed by atoms with van der Waals surface area (Å²) in [6, 6.07) is 17.3. The van der Waals surface area contributed by atoms with E-state index in [2.05, 4.69) is 81.5 Å². The molecule has 0 aromatic heterocycles. The van der Waals surface area contributed by atoms with Crippen molar-refractivity contribution in [2.75, 3.05) is 12.4 Å². The van der Waals surface area contributed by atoms with Gasteiger partial charge in [0.05, 0.1) is 0 Å². The number of hydrogen-bond acceptors (Lipinski definition) is 2. The highest BCUT2D eigenvalue weighted by Crippen LogP contribution is 2.40. The fraction of sp³-hybridized carbons (Fsp3) is 0.368.